The number of aryl methyl sites for hydroxylation is 2. The van der Waals surface area contributed by atoms with E-state index >= 15 is 0 Å². The van der Waals surface area contributed by atoms with Gasteiger partial charge < -0.3 is 10.5 Å². The first-order valence-electron chi connectivity index (χ1n) is 7.11. The van der Waals surface area contributed by atoms with Crippen molar-refractivity contribution in [2.24, 2.45) is 5.73 Å². The van der Waals surface area contributed by atoms with Crippen molar-refractivity contribution in [2.75, 3.05) is 0 Å². The van der Waals surface area contributed by atoms with E-state index in [1.807, 2.05) is 18.2 Å². The van der Waals surface area contributed by atoms with E-state index in [9.17, 15) is 14.4 Å². The zero-order valence-corrected chi connectivity index (χ0v) is 12.1. The number of Topliss-reactive ketones (excluding diaryl/α,β-unsaturated/α-hetero) is 1. The third kappa shape index (κ3) is 3.90. The van der Waals surface area contributed by atoms with Crippen LogP contribution in [0.3, 0.4) is 0 Å². The second kappa shape index (κ2) is 6.52. The predicted molar refractivity (Wildman–Crippen MR) is 76.8 cm³/mol. The first-order chi connectivity index (χ1) is 9.97. The lowest BCUT2D eigenvalue weighted by Gasteiger charge is -2.09. The maximum atomic E-state index is 12.1. The van der Waals surface area contributed by atoms with Gasteiger partial charge in [0.15, 0.2) is 11.9 Å². The highest BCUT2D eigenvalue weighted by atomic mass is 16.5. The Labute approximate surface area is 123 Å². The SMILES string of the molecule is C[C@H](OC(=O)CCC(=O)c1ccc2c(c1)CCC2)C(N)=O. The van der Waals surface area contributed by atoms with Gasteiger partial charge in [-0.05, 0) is 43.4 Å². The molecule has 1 atom stereocenters. The molecule has 0 saturated carbocycles. The van der Waals surface area contributed by atoms with Crippen molar-refractivity contribution in [1.29, 1.82) is 0 Å². The Hall–Kier alpha value is -2.17. The summed E-state index contributed by atoms with van der Waals surface area (Å²) in [6.07, 6.45) is 2.27. The molecule has 0 heterocycles. The van der Waals surface area contributed by atoms with Gasteiger partial charge in [0.05, 0.1) is 6.42 Å². The van der Waals surface area contributed by atoms with Gasteiger partial charge in [-0.15, -0.1) is 0 Å². The van der Waals surface area contributed by atoms with Gasteiger partial charge in [-0.25, -0.2) is 0 Å². The Morgan fingerprint density at radius 2 is 1.90 bits per heavy atom. The first-order valence-corrected chi connectivity index (χ1v) is 7.11. The Morgan fingerprint density at radius 3 is 2.62 bits per heavy atom. The molecule has 5 nitrogen and oxygen atoms in total. The van der Waals surface area contributed by atoms with E-state index < -0.39 is 18.0 Å². The molecule has 1 aromatic carbocycles. The van der Waals surface area contributed by atoms with Crippen LogP contribution >= 0.6 is 0 Å². The van der Waals surface area contributed by atoms with Gasteiger partial charge in [0, 0.05) is 12.0 Å². The molecule has 1 aliphatic carbocycles. The average Bonchev–Trinajstić information content (AvgIpc) is 2.91. The van der Waals surface area contributed by atoms with Gasteiger partial charge in [0.2, 0.25) is 0 Å². The Kier molecular flexibility index (Phi) is 4.73. The molecule has 0 spiro atoms. The summed E-state index contributed by atoms with van der Waals surface area (Å²) in [4.78, 5) is 34.3. The number of hydrogen-bond acceptors (Lipinski definition) is 4. The van der Waals surface area contributed by atoms with Crippen LogP contribution in [-0.2, 0) is 27.2 Å². The lowest BCUT2D eigenvalue weighted by Crippen LogP contribution is -2.30. The third-order valence-corrected chi connectivity index (χ3v) is 3.69. The number of carbonyl (C=O) groups excluding carboxylic acids is 3. The van der Waals surface area contributed by atoms with Crippen LogP contribution in [0, 0.1) is 0 Å². The summed E-state index contributed by atoms with van der Waals surface area (Å²) in [7, 11) is 0. The van der Waals surface area contributed by atoms with E-state index in [1.165, 1.54) is 18.1 Å². The second-order valence-corrected chi connectivity index (χ2v) is 5.29. The van der Waals surface area contributed by atoms with E-state index in [0.29, 0.717) is 5.56 Å². The van der Waals surface area contributed by atoms with Crippen LogP contribution in [-0.4, -0.2) is 23.8 Å². The van der Waals surface area contributed by atoms with Crippen LogP contribution in [0.2, 0.25) is 0 Å². The number of hydrogen-bond donors (Lipinski definition) is 1. The molecule has 2 rings (SSSR count). The Bertz CT molecular complexity index is 580. The molecule has 0 aliphatic heterocycles. The standard InChI is InChI=1S/C16H19NO4/c1-10(16(17)20)21-15(19)8-7-14(18)13-6-5-11-3-2-4-12(11)9-13/h5-6,9-10H,2-4,7-8H2,1H3,(H2,17,20)/t10-/m0/s1. The smallest absolute Gasteiger partial charge is 0.307 e. The lowest BCUT2D eigenvalue weighted by atomic mass is 10.0. The molecule has 0 aromatic heterocycles. The monoisotopic (exact) mass is 289 g/mol. The molecule has 0 fully saturated rings. The van der Waals surface area contributed by atoms with Gasteiger partial charge >= 0.3 is 5.97 Å². The Morgan fingerprint density at radius 1 is 1.19 bits per heavy atom. The van der Waals surface area contributed by atoms with Crippen LogP contribution < -0.4 is 5.73 Å². The normalized spacial score (nSPS) is 14.3. The zero-order chi connectivity index (χ0) is 15.4. The summed E-state index contributed by atoms with van der Waals surface area (Å²) in [5.41, 5.74) is 8.17. The number of esters is 1. The van der Waals surface area contributed by atoms with Crippen molar-refractivity contribution in [3.8, 4) is 0 Å². The number of amides is 1. The van der Waals surface area contributed by atoms with E-state index in [0.717, 1.165) is 19.3 Å². The number of ketones is 1. The van der Waals surface area contributed by atoms with Crippen molar-refractivity contribution in [3.05, 3.63) is 34.9 Å². The number of rotatable bonds is 6. The van der Waals surface area contributed by atoms with E-state index in [-0.39, 0.29) is 18.6 Å². The van der Waals surface area contributed by atoms with Crippen molar-refractivity contribution in [2.45, 2.75) is 45.1 Å². The molecule has 1 aromatic rings. The largest absolute Gasteiger partial charge is 0.453 e. The van der Waals surface area contributed by atoms with E-state index in [4.69, 9.17) is 10.5 Å². The fraction of sp³-hybridized carbons (Fsp3) is 0.438. The maximum absolute atomic E-state index is 12.1. The van der Waals surface area contributed by atoms with Gasteiger partial charge in [-0.3, -0.25) is 14.4 Å². The van der Waals surface area contributed by atoms with Crippen LogP contribution in [0.25, 0.3) is 0 Å². The predicted octanol–water partition coefficient (Wildman–Crippen LogP) is 1.56. The fourth-order valence-electron chi connectivity index (χ4n) is 2.42. The first kappa shape index (κ1) is 15.2. The quantitative estimate of drug-likeness (QED) is 0.636. The molecule has 0 radical (unpaired) electrons. The van der Waals surface area contributed by atoms with Crippen molar-refractivity contribution in [1.82, 2.24) is 0 Å². The van der Waals surface area contributed by atoms with Gasteiger partial charge in [0.1, 0.15) is 0 Å². The van der Waals surface area contributed by atoms with Crippen LogP contribution in [0.4, 0.5) is 0 Å². The molecule has 1 amide bonds. The van der Waals surface area contributed by atoms with Gasteiger partial charge in [-0.1, -0.05) is 12.1 Å². The average molecular weight is 289 g/mol. The highest BCUT2D eigenvalue weighted by Gasteiger charge is 2.17. The number of carbonyl (C=O) groups is 3. The number of fused-ring (bicyclic) bond motifs is 1. The molecule has 2 N–H and O–H groups in total. The number of ether oxygens (including phenoxy) is 1. The summed E-state index contributed by atoms with van der Waals surface area (Å²) in [5.74, 6) is -1.38. The summed E-state index contributed by atoms with van der Waals surface area (Å²) in [6.45, 7) is 1.41. The molecule has 5 heteroatoms. The maximum Gasteiger partial charge on any atom is 0.307 e. The number of benzene rings is 1. The highest BCUT2D eigenvalue weighted by Crippen LogP contribution is 2.23. The molecule has 21 heavy (non-hydrogen) atoms. The minimum atomic E-state index is -0.965. The summed E-state index contributed by atoms with van der Waals surface area (Å²) < 4.78 is 4.81. The van der Waals surface area contributed by atoms with E-state index in [2.05, 4.69) is 0 Å². The zero-order valence-electron chi connectivity index (χ0n) is 12.1. The Balaban J connectivity index is 1.87. The molecule has 0 saturated heterocycles. The van der Waals surface area contributed by atoms with Crippen LogP contribution in [0.5, 0.6) is 0 Å². The molecular weight excluding hydrogens is 270 g/mol. The fourth-order valence-corrected chi connectivity index (χ4v) is 2.42. The highest BCUT2D eigenvalue weighted by molar-refractivity contribution is 5.98. The van der Waals surface area contributed by atoms with Gasteiger partial charge in [0.25, 0.3) is 5.91 Å². The molecule has 1 aliphatic rings. The number of nitrogens with two attached hydrogens (primary N) is 1. The molecule has 0 bridgehead atoms. The molecular formula is C16H19NO4. The molecule has 112 valence electrons. The van der Waals surface area contributed by atoms with Crippen molar-refractivity contribution >= 4 is 17.7 Å². The van der Waals surface area contributed by atoms with Crippen LogP contribution in [0.15, 0.2) is 18.2 Å². The minimum absolute atomic E-state index is 0.0481. The van der Waals surface area contributed by atoms with Gasteiger partial charge in [-0.2, -0.15) is 0 Å². The molecule has 0 unspecified atom stereocenters. The summed E-state index contributed by atoms with van der Waals surface area (Å²) in [5, 5.41) is 0. The number of primary amides is 1. The summed E-state index contributed by atoms with van der Waals surface area (Å²) in [6, 6.07) is 5.72. The lowest BCUT2D eigenvalue weighted by molar-refractivity contribution is -0.153. The third-order valence-electron chi connectivity index (χ3n) is 3.69. The van der Waals surface area contributed by atoms with Crippen LogP contribution in [0.1, 0.15) is 47.7 Å². The minimum Gasteiger partial charge on any atom is -0.453 e. The van der Waals surface area contributed by atoms with Crippen molar-refractivity contribution in [3.63, 3.8) is 0 Å². The van der Waals surface area contributed by atoms with E-state index in [1.54, 1.807) is 0 Å². The van der Waals surface area contributed by atoms with Crippen molar-refractivity contribution < 1.29 is 19.1 Å². The topological polar surface area (TPSA) is 86.5 Å². The summed E-state index contributed by atoms with van der Waals surface area (Å²) >= 11 is 0. The second-order valence-electron chi connectivity index (χ2n) is 5.29.